The average molecular weight is 334 g/mol. The summed E-state index contributed by atoms with van der Waals surface area (Å²) >= 11 is 8.16. The van der Waals surface area contributed by atoms with Crippen LogP contribution in [0.25, 0.3) is 0 Å². The van der Waals surface area contributed by atoms with E-state index in [1.807, 2.05) is 0 Å². The monoisotopic (exact) mass is 334 g/mol. The molecular formula is C2H9O9P3S2. The molecule has 9 nitrogen and oxygen atoms in total. The van der Waals surface area contributed by atoms with E-state index in [2.05, 4.69) is 36.8 Å². The molecule has 0 aromatic heterocycles. The first-order valence-electron chi connectivity index (χ1n) is 3.37. The molecule has 0 fully saturated rings. The number of rotatable bonds is 7. The summed E-state index contributed by atoms with van der Waals surface area (Å²) in [7, 11) is -4.76. The molecule has 0 saturated carbocycles. The fourth-order valence-electron chi connectivity index (χ4n) is 0.459. The standard InChI is InChI=1S/C2H9O9P3S2/c3-1-2-9-12(4,5)10-14(8,16)11-13(6,7)15/h3H,1-2H2,(H,4,5)(H,8,16)(H2,6,7,15). The van der Waals surface area contributed by atoms with Crippen LogP contribution < -0.4 is 0 Å². The fraction of sp³-hybridized carbons (Fsp3) is 1.00. The van der Waals surface area contributed by atoms with Gasteiger partial charge in [-0.05, 0) is 23.6 Å². The summed E-state index contributed by atoms with van der Waals surface area (Å²) in [4.78, 5) is 35.4. The van der Waals surface area contributed by atoms with Crippen molar-refractivity contribution >= 4 is 44.9 Å². The third kappa shape index (κ3) is 9.26. The largest absolute Gasteiger partial charge is 0.479 e. The Morgan fingerprint density at radius 3 is 1.94 bits per heavy atom. The Labute approximate surface area is 101 Å². The van der Waals surface area contributed by atoms with E-state index < -0.39 is 34.5 Å². The first-order chi connectivity index (χ1) is 6.97. The lowest BCUT2D eigenvalue weighted by molar-refractivity contribution is 0.151. The van der Waals surface area contributed by atoms with Crippen LogP contribution in [0.1, 0.15) is 0 Å². The molecule has 5 N–H and O–H groups in total. The average Bonchev–Trinajstić information content (AvgIpc) is 1.93. The lowest BCUT2D eigenvalue weighted by atomic mass is 10.8. The number of aliphatic hydroxyl groups is 1. The van der Waals surface area contributed by atoms with Crippen molar-refractivity contribution in [2.75, 3.05) is 13.2 Å². The van der Waals surface area contributed by atoms with Crippen LogP contribution in [0.3, 0.4) is 0 Å². The highest BCUT2D eigenvalue weighted by Crippen LogP contribution is 2.66. The Bertz CT molecular complexity index is 362. The maximum Gasteiger partial charge on any atom is 0.479 e. The Hall–Kier alpha value is 1.21. The van der Waals surface area contributed by atoms with Gasteiger partial charge in [0.25, 0.3) is 0 Å². The second-order valence-electron chi connectivity index (χ2n) is 2.15. The van der Waals surface area contributed by atoms with Crippen LogP contribution in [0.4, 0.5) is 0 Å². The van der Waals surface area contributed by atoms with Crippen molar-refractivity contribution in [2.45, 2.75) is 0 Å². The van der Waals surface area contributed by atoms with Crippen molar-refractivity contribution in [3.8, 4) is 0 Å². The van der Waals surface area contributed by atoms with E-state index in [1.54, 1.807) is 0 Å². The van der Waals surface area contributed by atoms with Gasteiger partial charge in [-0.15, -0.1) is 0 Å². The number of hydrogen-bond donors (Lipinski definition) is 5. The zero-order valence-corrected chi connectivity index (χ0v) is 11.8. The minimum Gasteiger partial charge on any atom is -0.394 e. The van der Waals surface area contributed by atoms with Gasteiger partial charge in [0.2, 0.25) is 0 Å². The van der Waals surface area contributed by atoms with Crippen molar-refractivity contribution < 1.29 is 42.4 Å². The van der Waals surface area contributed by atoms with E-state index in [0.717, 1.165) is 0 Å². The van der Waals surface area contributed by atoms with Crippen LogP contribution in [0.15, 0.2) is 0 Å². The predicted octanol–water partition coefficient (Wildman–Crippen LogP) is -0.445. The Balaban J connectivity index is 4.52. The van der Waals surface area contributed by atoms with Crippen molar-refractivity contribution in [1.82, 2.24) is 0 Å². The molecule has 16 heavy (non-hydrogen) atoms. The van der Waals surface area contributed by atoms with Gasteiger partial charge in [0.1, 0.15) is 0 Å². The van der Waals surface area contributed by atoms with E-state index in [4.69, 9.17) is 24.7 Å². The van der Waals surface area contributed by atoms with Crippen LogP contribution in [0, 0.1) is 0 Å². The molecular weight excluding hydrogens is 325 g/mol. The first kappa shape index (κ1) is 17.2. The summed E-state index contributed by atoms with van der Waals surface area (Å²) in [5, 5.41) is 8.30. The summed E-state index contributed by atoms with van der Waals surface area (Å²) < 4.78 is 23.1. The van der Waals surface area contributed by atoms with E-state index in [0.29, 0.717) is 0 Å². The quantitative estimate of drug-likeness (QED) is 0.386. The molecule has 0 rings (SSSR count). The Morgan fingerprint density at radius 1 is 1.06 bits per heavy atom. The summed E-state index contributed by atoms with van der Waals surface area (Å²) in [5.74, 6) is 0. The SMILES string of the molecule is O=P(O)(OCCO)OP(O)(=S)OP(O)(O)=S. The first-order valence-corrected chi connectivity index (χ1v) is 10.1. The smallest absolute Gasteiger partial charge is 0.394 e. The van der Waals surface area contributed by atoms with E-state index >= 15 is 0 Å². The molecule has 2 atom stereocenters. The molecule has 0 aromatic rings. The highest BCUT2D eigenvalue weighted by atomic mass is 32.5. The van der Waals surface area contributed by atoms with E-state index in [1.165, 1.54) is 0 Å². The maximum absolute atomic E-state index is 11.0. The molecule has 0 aliphatic carbocycles. The minimum atomic E-state index is -4.76. The summed E-state index contributed by atoms with van der Waals surface area (Å²) in [6, 6.07) is 0. The van der Waals surface area contributed by atoms with Gasteiger partial charge in [-0.1, -0.05) is 0 Å². The molecule has 0 aromatic carbocycles. The lowest BCUT2D eigenvalue weighted by Crippen LogP contribution is -2.00. The molecule has 98 valence electrons. The van der Waals surface area contributed by atoms with Gasteiger partial charge in [-0.25, -0.2) is 13.2 Å². The molecule has 0 heterocycles. The highest BCUT2D eigenvalue weighted by molar-refractivity contribution is 8.14. The zero-order chi connectivity index (χ0) is 13.0. The summed E-state index contributed by atoms with van der Waals surface area (Å²) in [6.07, 6.45) is 0. The summed E-state index contributed by atoms with van der Waals surface area (Å²) in [6.45, 7) is -9.86. The van der Waals surface area contributed by atoms with Crippen molar-refractivity contribution in [3.05, 3.63) is 0 Å². The Morgan fingerprint density at radius 2 is 1.56 bits per heavy atom. The van der Waals surface area contributed by atoms with Crippen molar-refractivity contribution in [3.63, 3.8) is 0 Å². The zero-order valence-electron chi connectivity index (χ0n) is 7.44. The van der Waals surface area contributed by atoms with Gasteiger partial charge in [-0.3, -0.25) is 4.52 Å². The van der Waals surface area contributed by atoms with Gasteiger partial charge in [0.05, 0.1) is 13.2 Å². The van der Waals surface area contributed by atoms with Crippen LogP contribution in [0.2, 0.25) is 0 Å². The van der Waals surface area contributed by atoms with Gasteiger partial charge in [-0.2, -0.15) is 0 Å². The number of aliphatic hydroxyl groups excluding tert-OH is 1. The lowest BCUT2D eigenvalue weighted by Gasteiger charge is -2.19. The van der Waals surface area contributed by atoms with Gasteiger partial charge < -0.3 is 24.7 Å². The molecule has 0 amide bonds. The van der Waals surface area contributed by atoms with Crippen LogP contribution >= 0.6 is 21.3 Å². The molecule has 0 bridgehead atoms. The van der Waals surface area contributed by atoms with E-state index in [-0.39, 0.29) is 0 Å². The molecule has 0 aliphatic rings. The Kier molecular flexibility index (Phi) is 6.88. The van der Waals surface area contributed by atoms with Crippen LogP contribution in [-0.2, 0) is 41.3 Å². The third-order valence-electron chi connectivity index (χ3n) is 0.762. The number of phosphoric acid groups is 1. The molecule has 0 aliphatic heterocycles. The molecule has 14 heteroatoms. The van der Waals surface area contributed by atoms with Crippen LogP contribution in [0.5, 0.6) is 0 Å². The maximum atomic E-state index is 11.0. The predicted molar refractivity (Wildman–Crippen MR) is 60.3 cm³/mol. The van der Waals surface area contributed by atoms with Crippen molar-refractivity contribution in [1.29, 1.82) is 0 Å². The van der Waals surface area contributed by atoms with Crippen molar-refractivity contribution in [2.24, 2.45) is 0 Å². The number of phosphoric ester groups is 1. The molecule has 0 radical (unpaired) electrons. The fourth-order valence-corrected chi connectivity index (χ4v) is 6.25. The summed E-state index contributed by atoms with van der Waals surface area (Å²) in [5.41, 5.74) is 0. The molecule has 0 saturated heterocycles. The number of hydrogen-bond acceptors (Lipinski definition) is 7. The second kappa shape index (κ2) is 6.40. The normalized spacial score (nSPS) is 20.1. The molecule has 2 unspecified atom stereocenters. The van der Waals surface area contributed by atoms with Crippen LogP contribution in [-0.4, -0.2) is 37.9 Å². The van der Waals surface area contributed by atoms with Gasteiger partial charge >= 0.3 is 21.3 Å². The topological polar surface area (TPSA) is 146 Å². The minimum absolute atomic E-state index is 0.546. The second-order valence-corrected chi connectivity index (χ2v) is 9.38. The van der Waals surface area contributed by atoms with Gasteiger partial charge in [0, 0.05) is 0 Å². The molecule has 0 spiro atoms. The van der Waals surface area contributed by atoms with Gasteiger partial charge in [0.15, 0.2) is 0 Å². The third-order valence-corrected chi connectivity index (χ3v) is 6.40. The highest BCUT2D eigenvalue weighted by Gasteiger charge is 2.34. The van der Waals surface area contributed by atoms with E-state index in [9.17, 15) is 4.57 Å².